The Morgan fingerprint density at radius 2 is 1.53 bits per heavy atom. The van der Waals surface area contributed by atoms with Gasteiger partial charge in [0.2, 0.25) is 0 Å². The van der Waals surface area contributed by atoms with Gasteiger partial charge in [-0.15, -0.1) is 0 Å². The van der Waals surface area contributed by atoms with E-state index in [1.807, 2.05) is 24.3 Å². The molecular weight excluding hydrogens is 280 g/mol. The summed E-state index contributed by atoms with van der Waals surface area (Å²) in [5.41, 5.74) is 0.969. The molecule has 0 amide bonds. The second-order valence-electron chi connectivity index (χ2n) is 5.20. The SMILES string of the molecule is O=C1CC2CC(=O)CC2(c2ccc(Br)cc2)C1. The Bertz CT molecular complexity index is 469. The van der Waals surface area contributed by atoms with Crippen LogP contribution in [-0.2, 0) is 15.0 Å². The van der Waals surface area contributed by atoms with Crippen LogP contribution in [0, 0.1) is 5.92 Å². The largest absolute Gasteiger partial charge is 0.300 e. The van der Waals surface area contributed by atoms with Crippen molar-refractivity contribution in [2.45, 2.75) is 31.1 Å². The van der Waals surface area contributed by atoms with Crippen LogP contribution in [0.1, 0.15) is 31.2 Å². The zero-order valence-electron chi connectivity index (χ0n) is 9.41. The van der Waals surface area contributed by atoms with E-state index in [9.17, 15) is 9.59 Å². The van der Waals surface area contributed by atoms with Crippen LogP contribution < -0.4 is 0 Å². The molecule has 0 aliphatic heterocycles. The molecule has 0 saturated heterocycles. The lowest BCUT2D eigenvalue weighted by atomic mass is 9.74. The standard InChI is InChI=1S/C14H13BrO2/c15-11-3-1-9(2-4-11)14-7-12(16)5-10(14)6-13(17)8-14/h1-4,10H,5-8H2. The van der Waals surface area contributed by atoms with Gasteiger partial charge < -0.3 is 0 Å². The Kier molecular flexibility index (Phi) is 2.47. The van der Waals surface area contributed by atoms with Crippen LogP contribution >= 0.6 is 15.9 Å². The molecule has 0 unspecified atom stereocenters. The van der Waals surface area contributed by atoms with Crippen LogP contribution in [-0.4, -0.2) is 11.6 Å². The smallest absolute Gasteiger partial charge is 0.134 e. The minimum Gasteiger partial charge on any atom is -0.300 e. The predicted molar refractivity (Wildman–Crippen MR) is 67.8 cm³/mol. The van der Waals surface area contributed by atoms with Crippen molar-refractivity contribution in [3.05, 3.63) is 34.3 Å². The Morgan fingerprint density at radius 3 is 2.06 bits per heavy atom. The Hall–Kier alpha value is -0.960. The number of hydrogen-bond acceptors (Lipinski definition) is 2. The number of rotatable bonds is 1. The van der Waals surface area contributed by atoms with Gasteiger partial charge in [-0.2, -0.15) is 0 Å². The molecule has 1 aromatic carbocycles. The molecule has 0 aromatic heterocycles. The molecule has 2 nitrogen and oxygen atoms in total. The molecule has 1 aromatic rings. The highest BCUT2D eigenvalue weighted by Crippen LogP contribution is 2.53. The first kappa shape index (κ1) is 11.1. The van der Waals surface area contributed by atoms with Crippen molar-refractivity contribution in [2.24, 2.45) is 5.92 Å². The molecule has 2 saturated carbocycles. The molecule has 17 heavy (non-hydrogen) atoms. The summed E-state index contributed by atoms with van der Waals surface area (Å²) in [6, 6.07) is 8.09. The molecule has 0 N–H and O–H groups in total. The van der Waals surface area contributed by atoms with Crippen molar-refractivity contribution in [1.82, 2.24) is 0 Å². The first-order chi connectivity index (χ1) is 8.10. The maximum Gasteiger partial charge on any atom is 0.134 e. The third-order valence-electron chi connectivity index (χ3n) is 4.17. The molecule has 88 valence electrons. The van der Waals surface area contributed by atoms with E-state index in [2.05, 4.69) is 15.9 Å². The summed E-state index contributed by atoms with van der Waals surface area (Å²) in [7, 11) is 0. The average molecular weight is 293 g/mol. The van der Waals surface area contributed by atoms with Crippen LogP contribution in [0.5, 0.6) is 0 Å². The monoisotopic (exact) mass is 292 g/mol. The molecule has 2 aliphatic carbocycles. The lowest BCUT2D eigenvalue weighted by Crippen LogP contribution is -2.25. The number of Topliss-reactive ketones (excluding diaryl/α,β-unsaturated/α-hetero) is 2. The van der Waals surface area contributed by atoms with Crippen molar-refractivity contribution in [1.29, 1.82) is 0 Å². The lowest BCUT2D eigenvalue weighted by Gasteiger charge is -2.28. The minimum absolute atomic E-state index is 0.186. The van der Waals surface area contributed by atoms with Crippen LogP contribution in [0.15, 0.2) is 28.7 Å². The zero-order valence-corrected chi connectivity index (χ0v) is 11.0. The third kappa shape index (κ3) is 1.68. The van der Waals surface area contributed by atoms with E-state index < -0.39 is 0 Å². The molecule has 0 bridgehead atoms. The van der Waals surface area contributed by atoms with Crippen molar-refractivity contribution in [2.75, 3.05) is 0 Å². The molecule has 3 rings (SSSR count). The number of hydrogen-bond donors (Lipinski definition) is 0. The van der Waals surface area contributed by atoms with E-state index in [4.69, 9.17) is 0 Å². The summed E-state index contributed by atoms with van der Waals surface area (Å²) < 4.78 is 1.03. The highest BCUT2D eigenvalue weighted by Gasteiger charge is 2.53. The summed E-state index contributed by atoms with van der Waals surface area (Å²) in [6.07, 6.45) is 2.26. The Morgan fingerprint density at radius 1 is 1.00 bits per heavy atom. The third-order valence-corrected chi connectivity index (χ3v) is 4.70. The van der Waals surface area contributed by atoms with Gasteiger partial charge in [0.05, 0.1) is 0 Å². The van der Waals surface area contributed by atoms with Gasteiger partial charge in [0.25, 0.3) is 0 Å². The average Bonchev–Trinajstić information content (AvgIpc) is 2.70. The molecule has 0 atom stereocenters. The fourth-order valence-electron chi connectivity index (χ4n) is 3.43. The van der Waals surface area contributed by atoms with E-state index in [1.54, 1.807) is 0 Å². The highest BCUT2D eigenvalue weighted by atomic mass is 79.9. The topological polar surface area (TPSA) is 34.1 Å². The minimum atomic E-state index is -0.186. The summed E-state index contributed by atoms with van der Waals surface area (Å²) in [6.45, 7) is 0. The zero-order chi connectivity index (χ0) is 12.0. The molecule has 2 aliphatic rings. The summed E-state index contributed by atoms with van der Waals surface area (Å²) in [5.74, 6) is 0.861. The Labute approximate surface area is 109 Å². The van der Waals surface area contributed by atoms with Gasteiger partial charge in [0, 0.05) is 35.6 Å². The second-order valence-corrected chi connectivity index (χ2v) is 6.11. The van der Waals surface area contributed by atoms with Gasteiger partial charge in [0.15, 0.2) is 0 Å². The van der Waals surface area contributed by atoms with Crippen LogP contribution in [0.3, 0.4) is 0 Å². The highest BCUT2D eigenvalue weighted by molar-refractivity contribution is 9.10. The van der Waals surface area contributed by atoms with E-state index in [0.717, 1.165) is 10.0 Å². The van der Waals surface area contributed by atoms with Gasteiger partial charge in [-0.3, -0.25) is 9.59 Å². The van der Waals surface area contributed by atoms with E-state index in [0.29, 0.717) is 37.2 Å². The summed E-state index contributed by atoms with van der Waals surface area (Å²) in [4.78, 5) is 23.4. The fraction of sp³-hybridized carbons (Fsp3) is 0.429. The molecule has 2 fully saturated rings. The molecule has 3 heteroatoms. The number of ketones is 2. The van der Waals surface area contributed by atoms with Crippen LogP contribution in [0.25, 0.3) is 0 Å². The maximum atomic E-state index is 11.7. The Balaban J connectivity index is 2.06. The number of benzene rings is 1. The number of fused-ring (bicyclic) bond motifs is 1. The van der Waals surface area contributed by atoms with Gasteiger partial charge in [-0.05, 0) is 23.6 Å². The van der Waals surface area contributed by atoms with Crippen LogP contribution in [0.4, 0.5) is 0 Å². The van der Waals surface area contributed by atoms with Crippen molar-refractivity contribution < 1.29 is 9.59 Å². The molecule has 0 heterocycles. The van der Waals surface area contributed by atoms with E-state index in [-0.39, 0.29) is 11.3 Å². The van der Waals surface area contributed by atoms with Crippen molar-refractivity contribution >= 4 is 27.5 Å². The first-order valence-corrected chi connectivity index (χ1v) is 6.69. The van der Waals surface area contributed by atoms with Gasteiger partial charge in [-0.1, -0.05) is 28.1 Å². The maximum absolute atomic E-state index is 11.7. The molecule has 0 radical (unpaired) electrons. The second kappa shape index (κ2) is 3.77. The van der Waals surface area contributed by atoms with Crippen molar-refractivity contribution in [3.63, 3.8) is 0 Å². The number of carbonyl (C=O) groups excluding carboxylic acids is 2. The lowest BCUT2D eigenvalue weighted by molar-refractivity contribution is -0.119. The quantitative estimate of drug-likeness (QED) is 0.797. The van der Waals surface area contributed by atoms with Gasteiger partial charge in [0.1, 0.15) is 11.6 Å². The fourth-order valence-corrected chi connectivity index (χ4v) is 3.70. The summed E-state index contributed by atoms with van der Waals surface area (Å²) >= 11 is 3.41. The van der Waals surface area contributed by atoms with Crippen molar-refractivity contribution in [3.8, 4) is 0 Å². The van der Waals surface area contributed by atoms with Gasteiger partial charge in [-0.25, -0.2) is 0 Å². The van der Waals surface area contributed by atoms with E-state index in [1.165, 1.54) is 0 Å². The van der Waals surface area contributed by atoms with Crippen LogP contribution in [0.2, 0.25) is 0 Å². The molecular formula is C14H13BrO2. The number of halogens is 1. The first-order valence-electron chi connectivity index (χ1n) is 5.90. The summed E-state index contributed by atoms with van der Waals surface area (Å²) in [5, 5.41) is 0. The number of carbonyl (C=O) groups is 2. The normalized spacial score (nSPS) is 31.9. The van der Waals surface area contributed by atoms with Gasteiger partial charge >= 0.3 is 0 Å². The van der Waals surface area contributed by atoms with E-state index >= 15 is 0 Å². The molecule has 0 spiro atoms. The predicted octanol–water partition coefficient (Wildman–Crippen LogP) is 3.03.